The van der Waals surface area contributed by atoms with Crippen molar-refractivity contribution in [3.8, 4) is 0 Å². The highest BCUT2D eigenvalue weighted by atomic mass is 16.2. The Morgan fingerprint density at radius 3 is 3.00 bits per heavy atom. The van der Waals surface area contributed by atoms with Gasteiger partial charge in [0.1, 0.15) is 0 Å². The van der Waals surface area contributed by atoms with E-state index in [0.717, 1.165) is 32.2 Å². The highest BCUT2D eigenvalue weighted by Crippen LogP contribution is 2.23. The summed E-state index contributed by atoms with van der Waals surface area (Å²) in [5.41, 5.74) is 7.03. The third kappa shape index (κ3) is 2.64. The number of likely N-dealkylation sites (tertiary alicyclic amines) is 1. The van der Waals surface area contributed by atoms with Crippen LogP contribution in [0, 0.1) is 0 Å². The smallest absolute Gasteiger partial charge is 0.226 e. The van der Waals surface area contributed by atoms with Crippen LogP contribution in [0.15, 0.2) is 11.6 Å². The van der Waals surface area contributed by atoms with E-state index in [1.165, 1.54) is 18.4 Å². The van der Waals surface area contributed by atoms with Crippen molar-refractivity contribution in [1.29, 1.82) is 0 Å². The zero-order valence-electron chi connectivity index (χ0n) is 9.95. The molecule has 1 amide bonds. The van der Waals surface area contributed by atoms with Crippen LogP contribution in [-0.4, -0.2) is 29.9 Å². The number of hydrogen-bond acceptors (Lipinski definition) is 2. The van der Waals surface area contributed by atoms with Gasteiger partial charge in [-0.05, 0) is 38.5 Å². The second kappa shape index (κ2) is 5.48. The van der Waals surface area contributed by atoms with Gasteiger partial charge in [0.25, 0.3) is 0 Å². The maximum atomic E-state index is 12.1. The molecule has 90 valence electrons. The van der Waals surface area contributed by atoms with Crippen molar-refractivity contribution in [2.45, 2.75) is 51.0 Å². The van der Waals surface area contributed by atoms with Gasteiger partial charge in [0.2, 0.25) is 5.91 Å². The molecule has 0 spiro atoms. The Morgan fingerprint density at radius 1 is 1.44 bits per heavy atom. The maximum absolute atomic E-state index is 12.1. The van der Waals surface area contributed by atoms with E-state index in [2.05, 4.69) is 6.08 Å². The van der Waals surface area contributed by atoms with E-state index in [9.17, 15) is 4.79 Å². The fraction of sp³-hybridized carbons (Fsp3) is 0.769. The molecule has 0 aromatic carbocycles. The number of carbonyl (C=O) groups excluding carboxylic acids is 1. The summed E-state index contributed by atoms with van der Waals surface area (Å²) in [6, 6.07) is 0.302. The van der Waals surface area contributed by atoms with Crippen LogP contribution in [-0.2, 0) is 4.79 Å². The number of rotatable bonds is 3. The fourth-order valence-electron chi connectivity index (χ4n) is 2.77. The number of nitrogens with two attached hydrogens (primary N) is 1. The summed E-state index contributed by atoms with van der Waals surface area (Å²) < 4.78 is 0. The van der Waals surface area contributed by atoms with Gasteiger partial charge in [-0.15, -0.1) is 0 Å². The van der Waals surface area contributed by atoms with Crippen LogP contribution in [0.1, 0.15) is 44.9 Å². The Bertz CT molecular complexity index is 286. The molecule has 1 heterocycles. The topological polar surface area (TPSA) is 46.3 Å². The van der Waals surface area contributed by atoms with Crippen LogP contribution in [0.3, 0.4) is 0 Å². The predicted octanol–water partition coefficient (Wildman–Crippen LogP) is 1.83. The van der Waals surface area contributed by atoms with Gasteiger partial charge in [-0.3, -0.25) is 4.79 Å². The van der Waals surface area contributed by atoms with Gasteiger partial charge >= 0.3 is 0 Å². The minimum Gasteiger partial charge on any atom is -0.338 e. The Balaban J connectivity index is 1.89. The minimum absolute atomic E-state index is 0.293. The van der Waals surface area contributed by atoms with E-state index in [-0.39, 0.29) is 0 Å². The number of allylic oxidation sites excluding steroid dienone is 1. The second-order valence-electron chi connectivity index (χ2n) is 4.90. The summed E-state index contributed by atoms with van der Waals surface area (Å²) in [5, 5.41) is 0. The van der Waals surface area contributed by atoms with Crippen LogP contribution in [0.5, 0.6) is 0 Å². The first-order chi connectivity index (χ1) is 7.81. The summed E-state index contributed by atoms with van der Waals surface area (Å²) in [7, 11) is 0. The van der Waals surface area contributed by atoms with Crippen LogP contribution in [0.25, 0.3) is 0 Å². The monoisotopic (exact) mass is 222 g/mol. The molecular formula is C13H22N2O. The van der Waals surface area contributed by atoms with Gasteiger partial charge in [-0.2, -0.15) is 0 Å². The molecule has 0 radical (unpaired) electrons. The molecule has 1 saturated heterocycles. The molecule has 1 atom stereocenters. The number of hydrogen-bond donors (Lipinski definition) is 1. The second-order valence-corrected chi connectivity index (χ2v) is 4.90. The van der Waals surface area contributed by atoms with Gasteiger partial charge in [0.15, 0.2) is 0 Å². The van der Waals surface area contributed by atoms with Crippen molar-refractivity contribution in [1.82, 2.24) is 4.90 Å². The standard InChI is InChI=1S/C13H22N2O/c14-10-12-7-4-8-15(12)13(16)9-11-5-2-1-3-6-11/h5,12H,1-4,6-10,14H2. The lowest BCUT2D eigenvalue weighted by molar-refractivity contribution is -0.131. The van der Waals surface area contributed by atoms with E-state index < -0.39 is 0 Å². The largest absolute Gasteiger partial charge is 0.338 e. The van der Waals surface area contributed by atoms with Crippen molar-refractivity contribution >= 4 is 5.91 Å². The molecule has 0 saturated carbocycles. The molecule has 16 heavy (non-hydrogen) atoms. The Morgan fingerprint density at radius 2 is 2.31 bits per heavy atom. The highest BCUT2D eigenvalue weighted by Gasteiger charge is 2.27. The van der Waals surface area contributed by atoms with Crippen molar-refractivity contribution in [2.24, 2.45) is 5.73 Å². The summed E-state index contributed by atoms with van der Waals surface area (Å²) in [6.07, 6.45) is 9.90. The van der Waals surface area contributed by atoms with Crippen molar-refractivity contribution < 1.29 is 4.79 Å². The van der Waals surface area contributed by atoms with E-state index in [0.29, 0.717) is 24.9 Å². The molecule has 0 aromatic heterocycles. The fourth-order valence-corrected chi connectivity index (χ4v) is 2.77. The molecule has 3 heteroatoms. The molecule has 1 fully saturated rings. The first-order valence-electron chi connectivity index (χ1n) is 6.48. The summed E-state index contributed by atoms with van der Waals surface area (Å²) >= 11 is 0. The first-order valence-corrected chi connectivity index (χ1v) is 6.48. The van der Waals surface area contributed by atoms with Gasteiger partial charge in [0.05, 0.1) is 0 Å². The number of amides is 1. The van der Waals surface area contributed by atoms with Crippen molar-refractivity contribution in [3.05, 3.63) is 11.6 Å². The van der Waals surface area contributed by atoms with Gasteiger partial charge in [-0.25, -0.2) is 0 Å². The number of carbonyl (C=O) groups is 1. The molecule has 1 aliphatic carbocycles. The van der Waals surface area contributed by atoms with E-state index in [4.69, 9.17) is 5.73 Å². The lowest BCUT2D eigenvalue weighted by atomic mass is 9.97. The van der Waals surface area contributed by atoms with Crippen LogP contribution in [0.2, 0.25) is 0 Å². The average Bonchev–Trinajstić information content (AvgIpc) is 2.78. The molecular weight excluding hydrogens is 200 g/mol. The molecule has 2 N–H and O–H groups in total. The van der Waals surface area contributed by atoms with E-state index in [1.54, 1.807) is 0 Å². The molecule has 3 nitrogen and oxygen atoms in total. The van der Waals surface area contributed by atoms with Crippen LogP contribution < -0.4 is 5.73 Å². The zero-order valence-corrected chi connectivity index (χ0v) is 9.95. The molecule has 0 bridgehead atoms. The van der Waals surface area contributed by atoms with Crippen LogP contribution in [0.4, 0.5) is 0 Å². The molecule has 2 rings (SSSR count). The van der Waals surface area contributed by atoms with Crippen molar-refractivity contribution in [2.75, 3.05) is 13.1 Å². The lowest BCUT2D eigenvalue weighted by Gasteiger charge is -2.24. The quantitative estimate of drug-likeness (QED) is 0.740. The molecule has 2 aliphatic rings. The minimum atomic E-state index is 0.293. The van der Waals surface area contributed by atoms with Crippen molar-refractivity contribution in [3.63, 3.8) is 0 Å². The molecule has 1 aliphatic heterocycles. The summed E-state index contributed by atoms with van der Waals surface area (Å²) in [6.45, 7) is 1.53. The summed E-state index contributed by atoms with van der Waals surface area (Å²) in [5.74, 6) is 0.293. The summed E-state index contributed by atoms with van der Waals surface area (Å²) in [4.78, 5) is 14.1. The van der Waals surface area contributed by atoms with E-state index in [1.807, 2.05) is 4.90 Å². The highest BCUT2D eigenvalue weighted by molar-refractivity contribution is 5.79. The zero-order chi connectivity index (χ0) is 11.4. The lowest BCUT2D eigenvalue weighted by Crippen LogP contribution is -2.40. The first kappa shape index (κ1) is 11.6. The SMILES string of the molecule is NCC1CCCN1C(=O)CC1=CCCCC1. The van der Waals surface area contributed by atoms with Gasteiger partial charge < -0.3 is 10.6 Å². The van der Waals surface area contributed by atoms with Crippen LogP contribution >= 0.6 is 0 Å². The number of nitrogens with zero attached hydrogens (tertiary/aromatic N) is 1. The Kier molecular flexibility index (Phi) is 3.99. The van der Waals surface area contributed by atoms with Gasteiger partial charge in [-0.1, -0.05) is 11.6 Å². The average molecular weight is 222 g/mol. The van der Waals surface area contributed by atoms with Gasteiger partial charge in [0, 0.05) is 25.6 Å². The molecule has 1 unspecified atom stereocenters. The Hall–Kier alpha value is -0.830. The Labute approximate surface area is 97.7 Å². The third-order valence-electron chi connectivity index (χ3n) is 3.73. The predicted molar refractivity (Wildman–Crippen MR) is 65.0 cm³/mol. The maximum Gasteiger partial charge on any atom is 0.226 e. The normalized spacial score (nSPS) is 25.7. The third-order valence-corrected chi connectivity index (χ3v) is 3.73. The molecule has 0 aromatic rings. The van der Waals surface area contributed by atoms with E-state index >= 15 is 0 Å².